The first kappa shape index (κ1) is 19.4. The van der Waals surface area contributed by atoms with E-state index in [0.717, 1.165) is 17.0 Å². The molecule has 0 radical (unpaired) electrons. The number of ether oxygens (including phenoxy) is 1. The Morgan fingerprint density at radius 2 is 1.68 bits per heavy atom. The van der Waals surface area contributed by atoms with Crippen molar-refractivity contribution in [3.63, 3.8) is 0 Å². The number of benzene rings is 2. The first-order valence-electron chi connectivity index (χ1n) is 8.81. The number of aryl methyl sites for hydroxylation is 2. The van der Waals surface area contributed by atoms with Crippen LogP contribution in [0.1, 0.15) is 34.2 Å². The molecule has 0 aliphatic heterocycles. The molecular weight excluding hydrogens is 361 g/mol. The molecule has 1 N–H and O–H groups in total. The molecule has 3 rings (SSSR count). The topological polar surface area (TPSA) is 81.2 Å². The molecule has 144 valence electrons. The summed E-state index contributed by atoms with van der Waals surface area (Å²) in [6.07, 6.45) is -0.977. The van der Waals surface area contributed by atoms with Crippen LogP contribution < -0.4 is 5.32 Å². The van der Waals surface area contributed by atoms with E-state index in [2.05, 4.69) is 15.3 Å². The van der Waals surface area contributed by atoms with Crippen LogP contribution in [0.4, 0.5) is 4.39 Å². The minimum Gasteiger partial charge on any atom is -0.449 e. The quantitative estimate of drug-likeness (QED) is 0.686. The van der Waals surface area contributed by atoms with Crippen molar-refractivity contribution in [2.75, 3.05) is 0 Å². The zero-order valence-electron chi connectivity index (χ0n) is 15.8. The van der Waals surface area contributed by atoms with Crippen molar-refractivity contribution in [3.8, 4) is 0 Å². The second-order valence-corrected chi connectivity index (χ2v) is 6.49. The van der Waals surface area contributed by atoms with Crippen molar-refractivity contribution in [1.82, 2.24) is 15.3 Å². The summed E-state index contributed by atoms with van der Waals surface area (Å²) < 4.78 is 18.2. The van der Waals surface area contributed by atoms with Crippen molar-refractivity contribution in [2.45, 2.75) is 33.4 Å². The van der Waals surface area contributed by atoms with Crippen LogP contribution >= 0.6 is 0 Å². The summed E-state index contributed by atoms with van der Waals surface area (Å²) in [5.41, 5.74) is 3.92. The molecule has 0 saturated carbocycles. The maximum Gasteiger partial charge on any atom is 0.338 e. The van der Waals surface area contributed by atoms with Crippen molar-refractivity contribution >= 4 is 22.9 Å². The normalized spacial score (nSPS) is 11.9. The number of nitrogens with zero attached hydrogens (tertiary/aromatic N) is 2. The van der Waals surface area contributed by atoms with E-state index in [1.54, 1.807) is 30.3 Å². The van der Waals surface area contributed by atoms with Gasteiger partial charge in [0.2, 0.25) is 0 Å². The summed E-state index contributed by atoms with van der Waals surface area (Å²) in [5.74, 6) is -1.40. The van der Waals surface area contributed by atoms with Crippen LogP contribution in [0.15, 0.2) is 42.5 Å². The molecular formula is C21H20FN3O3. The van der Waals surface area contributed by atoms with Gasteiger partial charge in [-0.05, 0) is 56.7 Å². The summed E-state index contributed by atoms with van der Waals surface area (Å²) in [7, 11) is 0. The second-order valence-electron chi connectivity index (χ2n) is 6.49. The highest BCUT2D eigenvalue weighted by atomic mass is 19.1. The summed E-state index contributed by atoms with van der Waals surface area (Å²) >= 11 is 0. The summed E-state index contributed by atoms with van der Waals surface area (Å²) in [5, 5.41) is 2.66. The molecule has 2 aromatic carbocycles. The zero-order chi connectivity index (χ0) is 20.3. The fourth-order valence-corrected chi connectivity index (χ4v) is 2.57. The van der Waals surface area contributed by atoms with Gasteiger partial charge in [-0.2, -0.15) is 0 Å². The predicted molar refractivity (Wildman–Crippen MR) is 102 cm³/mol. The number of nitrogens with one attached hydrogen (secondary N) is 1. The Morgan fingerprint density at radius 1 is 1.04 bits per heavy atom. The van der Waals surface area contributed by atoms with Crippen molar-refractivity contribution in [3.05, 3.63) is 70.8 Å². The summed E-state index contributed by atoms with van der Waals surface area (Å²) in [6, 6.07) is 10.7. The Bertz CT molecular complexity index is 1030. The van der Waals surface area contributed by atoms with E-state index in [1.807, 2.05) is 13.8 Å². The largest absolute Gasteiger partial charge is 0.449 e. The number of rotatable bonds is 5. The van der Waals surface area contributed by atoms with Crippen molar-refractivity contribution < 1.29 is 18.7 Å². The lowest BCUT2D eigenvalue weighted by atomic mass is 10.2. The van der Waals surface area contributed by atoms with Gasteiger partial charge in [0.1, 0.15) is 5.82 Å². The molecule has 1 aromatic heterocycles. The Hall–Kier alpha value is -3.35. The molecule has 0 saturated heterocycles. The number of esters is 1. The van der Waals surface area contributed by atoms with Gasteiger partial charge < -0.3 is 10.1 Å². The molecule has 0 spiro atoms. The van der Waals surface area contributed by atoms with Gasteiger partial charge in [0.15, 0.2) is 6.10 Å². The number of aromatic nitrogens is 2. The van der Waals surface area contributed by atoms with E-state index in [1.165, 1.54) is 19.1 Å². The van der Waals surface area contributed by atoms with Gasteiger partial charge in [-0.1, -0.05) is 12.1 Å². The molecule has 7 heteroatoms. The van der Waals surface area contributed by atoms with Crippen LogP contribution in [0.25, 0.3) is 11.0 Å². The van der Waals surface area contributed by atoms with Crippen LogP contribution in [0.3, 0.4) is 0 Å². The number of fused-ring (bicyclic) bond motifs is 1. The number of hydrogen-bond donors (Lipinski definition) is 1. The number of amides is 1. The predicted octanol–water partition coefficient (Wildman–Crippen LogP) is 3.25. The van der Waals surface area contributed by atoms with E-state index in [-0.39, 0.29) is 12.4 Å². The van der Waals surface area contributed by atoms with E-state index < -0.39 is 18.0 Å². The maximum atomic E-state index is 12.9. The summed E-state index contributed by atoms with van der Waals surface area (Å²) in [4.78, 5) is 33.4. The Kier molecular flexibility index (Phi) is 5.63. The van der Waals surface area contributed by atoms with Gasteiger partial charge in [0.05, 0.1) is 28.0 Å². The van der Waals surface area contributed by atoms with Crippen molar-refractivity contribution in [2.24, 2.45) is 0 Å². The number of carbonyl (C=O) groups excluding carboxylic acids is 2. The molecule has 28 heavy (non-hydrogen) atoms. The molecule has 0 aliphatic carbocycles. The lowest BCUT2D eigenvalue weighted by Gasteiger charge is -2.14. The third-order valence-corrected chi connectivity index (χ3v) is 4.34. The number of carbonyl (C=O) groups is 2. The Balaban J connectivity index is 1.62. The van der Waals surface area contributed by atoms with E-state index in [0.29, 0.717) is 16.6 Å². The highest BCUT2D eigenvalue weighted by Crippen LogP contribution is 2.15. The first-order valence-corrected chi connectivity index (χ1v) is 8.81. The van der Waals surface area contributed by atoms with Crippen LogP contribution in [-0.4, -0.2) is 27.9 Å². The molecule has 0 fully saturated rings. The highest BCUT2D eigenvalue weighted by Gasteiger charge is 2.19. The molecule has 0 unspecified atom stereocenters. The Morgan fingerprint density at radius 3 is 2.36 bits per heavy atom. The lowest BCUT2D eigenvalue weighted by molar-refractivity contribution is -0.129. The molecule has 0 bridgehead atoms. The molecule has 0 aliphatic rings. The average Bonchev–Trinajstić information content (AvgIpc) is 2.67. The monoisotopic (exact) mass is 381 g/mol. The van der Waals surface area contributed by atoms with Crippen molar-refractivity contribution in [1.29, 1.82) is 0 Å². The molecule has 1 heterocycles. The second kappa shape index (κ2) is 8.12. The fraction of sp³-hybridized carbons (Fsp3) is 0.238. The first-order chi connectivity index (χ1) is 13.3. The van der Waals surface area contributed by atoms with Gasteiger partial charge >= 0.3 is 5.97 Å². The van der Waals surface area contributed by atoms with Crippen LogP contribution in [0.2, 0.25) is 0 Å². The van der Waals surface area contributed by atoms with Gasteiger partial charge in [-0.15, -0.1) is 0 Å². The highest BCUT2D eigenvalue weighted by molar-refractivity contribution is 5.95. The van der Waals surface area contributed by atoms with Crippen LogP contribution in [0, 0.1) is 19.7 Å². The van der Waals surface area contributed by atoms with E-state index in [4.69, 9.17) is 4.74 Å². The van der Waals surface area contributed by atoms with E-state index >= 15 is 0 Å². The maximum absolute atomic E-state index is 12.9. The van der Waals surface area contributed by atoms with Gasteiger partial charge in [-0.3, -0.25) is 4.79 Å². The lowest BCUT2D eigenvalue weighted by Crippen LogP contribution is -2.35. The van der Waals surface area contributed by atoms with Gasteiger partial charge in [0.25, 0.3) is 5.91 Å². The molecule has 1 amide bonds. The number of halogens is 1. The smallest absolute Gasteiger partial charge is 0.338 e. The van der Waals surface area contributed by atoms with Gasteiger partial charge in [-0.25, -0.2) is 19.2 Å². The summed E-state index contributed by atoms with van der Waals surface area (Å²) in [6.45, 7) is 5.42. The van der Waals surface area contributed by atoms with E-state index in [9.17, 15) is 14.0 Å². The van der Waals surface area contributed by atoms with Gasteiger partial charge in [0, 0.05) is 6.54 Å². The minimum absolute atomic E-state index is 0.213. The third kappa shape index (κ3) is 4.49. The average molecular weight is 381 g/mol. The van der Waals surface area contributed by atoms with Crippen LogP contribution in [0.5, 0.6) is 0 Å². The van der Waals surface area contributed by atoms with Crippen LogP contribution in [-0.2, 0) is 16.1 Å². The Labute approximate surface area is 161 Å². The molecule has 1 atom stereocenters. The SMILES string of the molecule is Cc1nc2ccc(C(=O)O[C@H](C)C(=O)NCc3ccc(F)cc3)cc2nc1C. The number of hydrogen-bond acceptors (Lipinski definition) is 5. The molecule has 3 aromatic rings. The fourth-order valence-electron chi connectivity index (χ4n) is 2.57. The standard InChI is InChI=1S/C21H20FN3O3/c1-12-13(2)25-19-10-16(6-9-18(19)24-12)21(27)28-14(3)20(26)23-11-15-4-7-17(22)8-5-15/h4-10,14H,11H2,1-3H3,(H,23,26)/t14-/m1/s1. The molecule has 6 nitrogen and oxygen atoms in total. The third-order valence-electron chi connectivity index (χ3n) is 4.34. The zero-order valence-corrected chi connectivity index (χ0v) is 15.8. The minimum atomic E-state index is -0.977.